The average Bonchev–Trinajstić information content (AvgIpc) is 3.05. The van der Waals surface area contributed by atoms with Crippen molar-refractivity contribution in [1.29, 1.82) is 0 Å². The van der Waals surface area contributed by atoms with E-state index in [0.717, 1.165) is 4.90 Å². The van der Waals surface area contributed by atoms with Crippen LogP contribution in [-0.2, 0) is 20.9 Å². The lowest BCUT2D eigenvalue weighted by Crippen LogP contribution is -2.32. The summed E-state index contributed by atoms with van der Waals surface area (Å²) in [5, 5.41) is 5.75. The molecule has 0 atom stereocenters. The van der Waals surface area contributed by atoms with E-state index in [1.165, 1.54) is 31.2 Å². The van der Waals surface area contributed by atoms with Crippen molar-refractivity contribution in [2.24, 2.45) is 0 Å². The van der Waals surface area contributed by atoms with Crippen molar-refractivity contribution in [2.75, 3.05) is 17.7 Å². The Morgan fingerprint density at radius 1 is 0.882 bits per heavy atom. The van der Waals surface area contributed by atoms with Crippen molar-refractivity contribution in [3.8, 4) is 5.75 Å². The summed E-state index contributed by atoms with van der Waals surface area (Å²) in [6, 6.07) is 19.3. The number of carbonyl (C=O) groups is 3. The quantitative estimate of drug-likeness (QED) is 0.518. The molecule has 3 amide bonds. The smallest absolute Gasteiger partial charge is 0.278 e. The normalized spacial score (nSPS) is 13.3. The van der Waals surface area contributed by atoms with Crippen LogP contribution in [0.1, 0.15) is 18.1 Å². The van der Waals surface area contributed by atoms with Crippen LogP contribution < -0.4 is 15.4 Å². The van der Waals surface area contributed by atoms with Crippen LogP contribution in [0.3, 0.4) is 0 Å². The maximum Gasteiger partial charge on any atom is 0.278 e. The third-order valence-corrected chi connectivity index (χ3v) is 5.28. The summed E-state index contributed by atoms with van der Waals surface area (Å²) < 4.78 is 18.5. The molecule has 0 bridgehead atoms. The molecule has 0 spiro atoms. The molecule has 0 aromatic heterocycles. The molecule has 3 aromatic rings. The predicted octanol–water partition coefficient (Wildman–Crippen LogP) is 4.18. The number of ether oxygens (including phenoxy) is 1. The number of methoxy groups -OCH3 is 1. The van der Waals surface area contributed by atoms with E-state index in [1.54, 1.807) is 55.6 Å². The second-order valence-electron chi connectivity index (χ2n) is 7.68. The first-order valence-electron chi connectivity index (χ1n) is 10.5. The van der Waals surface area contributed by atoms with Crippen LogP contribution in [0.4, 0.5) is 15.8 Å². The molecule has 4 rings (SSSR count). The van der Waals surface area contributed by atoms with Crippen molar-refractivity contribution in [1.82, 2.24) is 4.90 Å². The Kier molecular flexibility index (Phi) is 6.40. The number of nitrogens with zero attached hydrogens (tertiary/aromatic N) is 1. The summed E-state index contributed by atoms with van der Waals surface area (Å²) in [7, 11) is 1.54. The molecule has 172 valence electrons. The number of hydrogen-bond donors (Lipinski definition) is 2. The Bertz CT molecular complexity index is 1270. The molecular weight excluding hydrogens is 437 g/mol. The Labute approximate surface area is 195 Å². The average molecular weight is 459 g/mol. The van der Waals surface area contributed by atoms with Crippen molar-refractivity contribution < 1.29 is 23.5 Å². The maximum absolute atomic E-state index is 13.4. The van der Waals surface area contributed by atoms with Gasteiger partial charge >= 0.3 is 0 Å². The van der Waals surface area contributed by atoms with E-state index >= 15 is 0 Å². The van der Waals surface area contributed by atoms with Gasteiger partial charge in [0.15, 0.2) is 0 Å². The van der Waals surface area contributed by atoms with E-state index < -0.39 is 17.6 Å². The predicted molar refractivity (Wildman–Crippen MR) is 126 cm³/mol. The number of carbonyl (C=O) groups excluding carboxylic acids is 3. The maximum atomic E-state index is 13.4. The molecule has 0 unspecified atom stereocenters. The summed E-state index contributed by atoms with van der Waals surface area (Å²) in [5.74, 6) is -0.932. The minimum atomic E-state index is -0.494. The highest BCUT2D eigenvalue weighted by molar-refractivity contribution is 6.36. The molecule has 1 aliphatic heterocycles. The molecule has 0 saturated carbocycles. The van der Waals surface area contributed by atoms with Gasteiger partial charge in [0.1, 0.15) is 17.3 Å². The number of halogens is 1. The van der Waals surface area contributed by atoms with Gasteiger partial charge in [-0.2, -0.15) is 0 Å². The van der Waals surface area contributed by atoms with Crippen molar-refractivity contribution in [3.63, 3.8) is 0 Å². The van der Waals surface area contributed by atoms with E-state index in [-0.39, 0.29) is 23.7 Å². The lowest BCUT2D eigenvalue weighted by molar-refractivity contribution is -0.137. The second-order valence-corrected chi connectivity index (χ2v) is 7.68. The Hall–Kier alpha value is -4.46. The van der Waals surface area contributed by atoms with Crippen LogP contribution in [0, 0.1) is 5.82 Å². The number of imide groups is 1. The van der Waals surface area contributed by atoms with Gasteiger partial charge in [-0.05, 0) is 59.7 Å². The lowest BCUT2D eigenvalue weighted by Gasteiger charge is -2.15. The SMILES string of the molecule is COc1ccc(C2=C(Nc3ccc(NC(C)=O)cc3)C(=O)N(Cc3ccc(F)cc3)C2=O)cc1. The molecule has 34 heavy (non-hydrogen) atoms. The van der Waals surface area contributed by atoms with E-state index in [9.17, 15) is 18.8 Å². The molecule has 0 saturated heterocycles. The molecule has 0 aliphatic carbocycles. The van der Waals surface area contributed by atoms with Gasteiger partial charge in [-0.3, -0.25) is 19.3 Å². The topological polar surface area (TPSA) is 87.7 Å². The highest BCUT2D eigenvalue weighted by Gasteiger charge is 2.39. The lowest BCUT2D eigenvalue weighted by atomic mass is 10.0. The van der Waals surface area contributed by atoms with Gasteiger partial charge in [-0.15, -0.1) is 0 Å². The van der Waals surface area contributed by atoms with Gasteiger partial charge in [-0.25, -0.2) is 4.39 Å². The fourth-order valence-corrected chi connectivity index (χ4v) is 3.62. The highest BCUT2D eigenvalue weighted by Crippen LogP contribution is 2.32. The zero-order chi connectivity index (χ0) is 24.2. The molecule has 1 aliphatic rings. The Balaban J connectivity index is 1.68. The number of benzene rings is 3. The number of amides is 3. The summed E-state index contributed by atoms with van der Waals surface area (Å²) in [6.45, 7) is 1.42. The molecule has 3 aromatic carbocycles. The zero-order valence-corrected chi connectivity index (χ0v) is 18.6. The fourth-order valence-electron chi connectivity index (χ4n) is 3.62. The number of anilines is 2. The monoisotopic (exact) mass is 459 g/mol. The number of nitrogens with one attached hydrogen (secondary N) is 2. The van der Waals surface area contributed by atoms with Crippen LogP contribution in [-0.4, -0.2) is 29.7 Å². The summed E-state index contributed by atoms with van der Waals surface area (Å²) in [4.78, 5) is 39.1. The standard InChI is InChI=1S/C26H22FN3O4/c1-16(31)28-20-9-11-21(12-10-20)29-24-23(18-5-13-22(34-2)14-6-18)25(32)30(26(24)33)15-17-3-7-19(27)8-4-17/h3-14,29H,15H2,1-2H3,(H,28,31). The van der Waals surface area contributed by atoms with Crippen LogP contribution in [0.15, 0.2) is 78.5 Å². The minimum Gasteiger partial charge on any atom is -0.497 e. The molecule has 1 heterocycles. The van der Waals surface area contributed by atoms with Crippen molar-refractivity contribution in [2.45, 2.75) is 13.5 Å². The van der Waals surface area contributed by atoms with E-state index in [2.05, 4.69) is 10.6 Å². The van der Waals surface area contributed by atoms with Gasteiger partial charge < -0.3 is 15.4 Å². The molecule has 8 heteroatoms. The van der Waals surface area contributed by atoms with Gasteiger partial charge in [0, 0.05) is 18.3 Å². The molecule has 2 N–H and O–H groups in total. The highest BCUT2D eigenvalue weighted by atomic mass is 19.1. The summed E-state index contributed by atoms with van der Waals surface area (Å²) in [5.41, 5.74) is 2.70. The van der Waals surface area contributed by atoms with Crippen LogP contribution in [0.25, 0.3) is 5.57 Å². The third-order valence-electron chi connectivity index (χ3n) is 5.28. The first kappa shape index (κ1) is 22.7. The van der Waals surface area contributed by atoms with Crippen LogP contribution >= 0.6 is 0 Å². The molecule has 0 radical (unpaired) electrons. The number of rotatable bonds is 7. The van der Waals surface area contributed by atoms with Gasteiger partial charge in [0.2, 0.25) is 5.91 Å². The largest absolute Gasteiger partial charge is 0.497 e. The number of hydrogen-bond acceptors (Lipinski definition) is 5. The van der Waals surface area contributed by atoms with Crippen molar-refractivity contribution >= 4 is 34.7 Å². The first-order chi connectivity index (χ1) is 16.4. The third kappa shape index (κ3) is 4.80. The Morgan fingerprint density at radius 3 is 2.09 bits per heavy atom. The van der Waals surface area contributed by atoms with Crippen LogP contribution in [0.5, 0.6) is 5.75 Å². The van der Waals surface area contributed by atoms with E-state index in [0.29, 0.717) is 28.3 Å². The minimum absolute atomic E-state index is 0.00422. The van der Waals surface area contributed by atoms with E-state index in [4.69, 9.17) is 4.74 Å². The molecule has 7 nitrogen and oxygen atoms in total. The first-order valence-corrected chi connectivity index (χ1v) is 10.5. The Morgan fingerprint density at radius 2 is 1.50 bits per heavy atom. The fraction of sp³-hybridized carbons (Fsp3) is 0.115. The zero-order valence-electron chi connectivity index (χ0n) is 18.6. The van der Waals surface area contributed by atoms with Gasteiger partial charge in [-0.1, -0.05) is 24.3 Å². The van der Waals surface area contributed by atoms with Crippen LogP contribution in [0.2, 0.25) is 0 Å². The molecule has 0 fully saturated rings. The molecular formula is C26H22FN3O4. The summed E-state index contributed by atoms with van der Waals surface area (Å²) in [6.07, 6.45) is 0. The van der Waals surface area contributed by atoms with Crippen molar-refractivity contribution in [3.05, 3.63) is 95.4 Å². The van der Waals surface area contributed by atoms with Gasteiger partial charge in [0.05, 0.1) is 19.2 Å². The summed E-state index contributed by atoms with van der Waals surface area (Å²) >= 11 is 0. The second kappa shape index (κ2) is 9.58. The van der Waals surface area contributed by atoms with Gasteiger partial charge in [0.25, 0.3) is 11.8 Å². The van der Waals surface area contributed by atoms with E-state index in [1.807, 2.05) is 0 Å².